The lowest BCUT2D eigenvalue weighted by molar-refractivity contribution is -0.121. The van der Waals surface area contributed by atoms with Crippen LogP contribution in [0.15, 0.2) is 22.8 Å². The summed E-state index contributed by atoms with van der Waals surface area (Å²) in [4.78, 5) is 11.4. The highest BCUT2D eigenvalue weighted by Crippen LogP contribution is 2.12. The summed E-state index contributed by atoms with van der Waals surface area (Å²) >= 11 is 5.53. The number of furan rings is 1. The highest BCUT2D eigenvalue weighted by molar-refractivity contribution is 6.17. The van der Waals surface area contributed by atoms with Gasteiger partial charge in [0.25, 0.3) is 0 Å². The van der Waals surface area contributed by atoms with Crippen LogP contribution in [0.4, 0.5) is 0 Å². The highest BCUT2D eigenvalue weighted by Gasteiger charge is 2.10. The van der Waals surface area contributed by atoms with Crippen molar-refractivity contribution in [2.45, 2.75) is 32.2 Å². The molecule has 84 valence electrons. The van der Waals surface area contributed by atoms with Gasteiger partial charge in [-0.2, -0.15) is 0 Å². The van der Waals surface area contributed by atoms with Crippen LogP contribution in [0, 0.1) is 0 Å². The topological polar surface area (TPSA) is 42.2 Å². The lowest BCUT2D eigenvalue weighted by atomic mass is 10.2. The van der Waals surface area contributed by atoms with Crippen LogP contribution in [0.2, 0.25) is 0 Å². The molecule has 0 aliphatic rings. The Kier molecular flexibility index (Phi) is 5.26. The van der Waals surface area contributed by atoms with Crippen molar-refractivity contribution < 1.29 is 9.21 Å². The Balaban J connectivity index is 2.26. The normalized spacial score (nSPS) is 12.4. The summed E-state index contributed by atoms with van der Waals surface area (Å²) in [5.74, 6) is 1.44. The molecule has 0 saturated heterocycles. The first-order chi connectivity index (χ1) is 7.24. The van der Waals surface area contributed by atoms with Gasteiger partial charge in [0.2, 0.25) is 5.91 Å². The molecule has 1 amide bonds. The largest absolute Gasteiger partial charge is 0.467 e. The second kappa shape index (κ2) is 6.51. The highest BCUT2D eigenvalue weighted by atomic mass is 35.5. The van der Waals surface area contributed by atoms with Crippen LogP contribution >= 0.6 is 11.6 Å². The van der Waals surface area contributed by atoms with E-state index in [4.69, 9.17) is 16.0 Å². The molecule has 4 heteroatoms. The van der Waals surface area contributed by atoms with Gasteiger partial charge in [0.15, 0.2) is 0 Å². The molecule has 0 spiro atoms. The zero-order valence-electron chi connectivity index (χ0n) is 8.83. The van der Waals surface area contributed by atoms with Gasteiger partial charge >= 0.3 is 0 Å². The minimum atomic E-state index is -0.0662. The summed E-state index contributed by atoms with van der Waals surface area (Å²) in [6, 6.07) is 3.60. The number of carbonyl (C=O) groups is 1. The molecule has 0 aromatic carbocycles. The molecule has 0 unspecified atom stereocenters. The minimum Gasteiger partial charge on any atom is -0.467 e. The monoisotopic (exact) mass is 229 g/mol. The fraction of sp³-hybridized carbons (Fsp3) is 0.545. The second-order valence-electron chi connectivity index (χ2n) is 3.45. The van der Waals surface area contributed by atoms with E-state index in [0.717, 1.165) is 18.6 Å². The first kappa shape index (κ1) is 12.1. The molecule has 0 aliphatic carbocycles. The van der Waals surface area contributed by atoms with Gasteiger partial charge in [-0.05, 0) is 31.9 Å². The van der Waals surface area contributed by atoms with Crippen molar-refractivity contribution in [2.75, 3.05) is 5.88 Å². The van der Waals surface area contributed by atoms with Crippen LogP contribution < -0.4 is 5.32 Å². The number of amides is 1. The Morgan fingerprint density at radius 3 is 3.00 bits per heavy atom. The maximum Gasteiger partial charge on any atom is 0.220 e. The smallest absolute Gasteiger partial charge is 0.220 e. The van der Waals surface area contributed by atoms with Crippen LogP contribution in [0.5, 0.6) is 0 Å². The molecular formula is C11H16ClNO2. The maximum absolute atomic E-state index is 11.4. The predicted octanol–water partition coefficient (Wildman–Crippen LogP) is 2.87. The van der Waals surface area contributed by atoms with Crippen LogP contribution in [-0.2, 0) is 4.79 Å². The molecule has 15 heavy (non-hydrogen) atoms. The molecule has 1 aromatic rings. The van der Waals surface area contributed by atoms with Gasteiger partial charge in [0, 0.05) is 12.3 Å². The van der Waals surface area contributed by atoms with E-state index in [0.29, 0.717) is 12.3 Å². The van der Waals surface area contributed by atoms with Crippen molar-refractivity contribution >= 4 is 17.5 Å². The van der Waals surface area contributed by atoms with Crippen molar-refractivity contribution in [1.82, 2.24) is 5.32 Å². The first-order valence-corrected chi connectivity index (χ1v) is 5.66. The molecule has 0 saturated carbocycles. The van der Waals surface area contributed by atoms with Crippen molar-refractivity contribution in [1.29, 1.82) is 0 Å². The van der Waals surface area contributed by atoms with Crippen LogP contribution in [-0.4, -0.2) is 11.8 Å². The third-order valence-corrected chi connectivity index (χ3v) is 2.40. The Labute approximate surface area is 94.8 Å². The molecule has 1 heterocycles. The number of hydrogen-bond donors (Lipinski definition) is 1. The molecule has 0 bridgehead atoms. The van der Waals surface area contributed by atoms with E-state index in [2.05, 4.69) is 5.32 Å². The SMILES string of the molecule is C[C@H](NC(=O)CCCCCl)c1ccco1. The summed E-state index contributed by atoms with van der Waals surface area (Å²) in [7, 11) is 0. The number of hydrogen-bond acceptors (Lipinski definition) is 2. The van der Waals surface area contributed by atoms with E-state index in [9.17, 15) is 4.79 Å². The van der Waals surface area contributed by atoms with E-state index < -0.39 is 0 Å². The standard InChI is InChI=1S/C11H16ClNO2/c1-9(10-5-4-8-15-10)13-11(14)6-2-3-7-12/h4-5,8-9H,2-3,6-7H2,1H3,(H,13,14)/t9-/m0/s1. The predicted molar refractivity (Wildman–Crippen MR) is 59.8 cm³/mol. The molecule has 1 aromatic heterocycles. The summed E-state index contributed by atoms with van der Waals surface area (Å²) in [6.07, 6.45) is 3.84. The van der Waals surface area contributed by atoms with Crippen LogP contribution in [0.1, 0.15) is 38.0 Å². The third-order valence-electron chi connectivity index (χ3n) is 2.13. The summed E-state index contributed by atoms with van der Waals surface area (Å²) in [6.45, 7) is 1.90. The molecule has 3 nitrogen and oxygen atoms in total. The van der Waals surface area contributed by atoms with Crippen molar-refractivity contribution in [3.05, 3.63) is 24.2 Å². The molecule has 1 N–H and O–H groups in total. The zero-order chi connectivity index (χ0) is 11.1. The average Bonchev–Trinajstić information content (AvgIpc) is 2.70. The number of nitrogens with one attached hydrogen (secondary N) is 1. The number of halogens is 1. The third kappa shape index (κ3) is 4.38. The van der Waals surface area contributed by atoms with E-state index in [1.807, 2.05) is 19.1 Å². The van der Waals surface area contributed by atoms with Crippen LogP contribution in [0.3, 0.4) is 0 Å². The Morgan fingerprint density at radius 1 is 1.60 bits per heavy atom. The summed E-state index contributed by atoms with van der Waals surface area (Å²) in [5, 5.41) is 2.87. The summed E-state index contributed by atoms with van der Waals surface area (Å²) < 4.78 is 5.19. The fourth-order valence-corrected chi connectivity index (χ4v) is 1.49. The Bertz CT molecular complexity index is 285. The molecule has 0 aliphatic heterocycles. The van der Waals surface area contributed by atoms with E-state index in [-0.39, 0.29) is 11.9 Å². The number of alkyl halides is 1. The quantitative estimate of drug-likeness (QED) is 0.602. The van der Waals surface area contributed by atoms with E-state index in [1.54, 1.807) is 6.26 Å². The van der Waals surface area contributed by atoms with Gasteiger partial charge in [-0.15, -0.1) is 11.6 Å². The van der Waals surface area contributed by atoms with Gasteiger partial charge in [-0.25, -0.2) is 0 Å². The van der Waals surface area contributed by atoms with Crippen LogP contribution in [0.25, 0.3) is 0 Å². The molecule has 0 fully saturated rings. The molecule has 1 rings (SSSR count). The van der Waals surface area contributed by atoms with E-state index >= 15 is 0 Å². The van der Waals surface area contributed by atoms with Gasteiger partial charge in [0.1, 0.15) is 5.76 Å². The van der Waals surface area contributed by atoms with E-state index in [1.165, 1.54) is 0 Å². The average molecular weight is 230 g/mol. The Hall–Kier alpha value is -0.960. The van der Waals surface area contributed by atoms with Crippen molar-refractivity contribution in [3.8, 4) is 0 Å². The van der Waals surface area contributed by atoms with Crippen molar-refractivity contribution in [2.24, 2.45) is 0 Å². The minimum absolute atomic E-state index is 0.0454. The fourth-order valence-electron chi connectivity index (χ4n) is 1.30. The number of carbonyl (C=O) groups excluding carboxylic acids is 1. The zero-order valence-corrected chi connectivity index (χ0v) is 9.59. The molecule has 0 radical (unpaired) electrons. The number of unbranched alkanes of at least 4 members (excludes halogenated alkanes) is 1. The van der Waals surface area contributed by atoms with Gasteiger partial charge in [0.05, 0.1) is 12.3 Å². The molecular weight excluding hydrogens is 214 g/mol. The molecule has 1 atom stereocenters. The van der Waals surface area contributed by atoms with Gasteiger partial charge < -0.3 is 9.73 Å². The maximum atomic E-state index is 11.4. The summed E-state index contributed by atoms with van der Waals surface area (Å²) in [5.41, 5.74) is 0. The van der Waals surface area contributed by atoms with Crippen molar-refractivity contribution in [3.63, 3.8) is 0 Å². The number of rotatable bonds is 6. The second-order valence-corrected chi connectivity index (χ2v) is 3.83. The lowest BCUT2D eigenvalue weighted by Crippen LogP contribution is -2.25. The van der Waals surface area contributed by atoms with Gasteiger partial charge in [-0.3, -0.25) is 4.79 Å². The van der Waals surface area contributed by atoms with Gasteiger partial charge in [-0.1, -0.05) is 0 Å². The first-order valence-electron chi connectivity index (χ1n) is 5.12. The lowest BCUT2D eigenvalue weighted by Gasteiger charge is -2.10. The Morgan fingerprint density at radius 2 is 2.40 bits per heavy atom.